The molecule has 18 heavy (non-hydrogen) atoms. The molecule has 1 aromatic rings. The molecule has 5 nitrogen and oxygen atoms in total. The van der Waals surface area contributed by atoms with Gasteiger partial charge in [-0.05, 0) is 31.9 Å². The number of pyridine rings is 1. The SMILES string of the molecule is Cc1ccc(C(N)=NO)c(N(C)C(C)C(C)C)n1. The third kappa shape index (κ3) is 2.91. The van der Waals surface area contributed by atoms with Crippen molar-refractivity contribution in [3.05, 3.63) is 23.4 Å². The number of oxime groups is 1. The molecule has 0 radical (unpaired) electrons. The highest BCUT2D eigenvalue weighted by molar-refractivity contribution is 6.01. The fraction of sp³-hybridized carbons (Fsp3) is 0.538. The lowest BCUT2D eigenvalue weighted by Gasteiger charge is -2.30. The van der Waals surface area contributed by atoms with Gasteiger partial charge in [0.05, 0.1) is 5.56 Å². The van der Waals surface area contributed by atoms with Gasteiger partial charge in [-0.25, -0.2) is 4.98 Å². The number of anilines is 1. The van der Waals surface area contributed by atoms with Crippen LogP contribution >= 0.6 is 0 Å². The Morgan fingerprint density at radius 2 is 2.00 bits per heavy atom. The molecule has 0 saturated heterocycles. The maximum absolute atomic E-state index is 8.83. The van der Waals surface area contributed by atoms with Crippen LogP contribution < -0.4 is 10.6 Å². The van der Waals surface area contributed by atoms with Gasteiger partial charge in [0.15, 0.2) is 5.84 Å². The third-order valence-corrected chi connectivity index (χ3v) is 3.31. The Balaban J connectivity index is 3.25. The Labute approximate surface area is 108 Å². The van der Waals surface area contributed by atoms with E-state index >= 15 is 0 Å². The molecule has 5 heteroatoms. The Morgan fingerprint density at radius 3 is 2.50 bits per heavy atom. The van der Waals surface area contributed by atoms with E-state index in [4.69, 9.17) is 10.9 Å². The van der Waals surface area contributed by atoms with Crippen LogP contribution in [0.2, 0.25) is 0 Å². The van der Waals surface area contributed by atoms with Gasteiger partial charge in [0, 0.05) is 18.8 Å². The van der Waals surface area contributed by atoms with Gasteiger partial charge in [-0.1, -0.05) is 19.0 Å². The lowest BCUT2D eigenvalue weighted by atomic mass is 10.0. The number of hydrogen-bond donors (Lipinski definition) is 2. The van der Waals surface area contributed by atoms with Gasteiger partial charge in [0.25, 0.3) is 0 Å². The highest BCUT2D eigenvalue weighted by Crippen LogP contribution is 2.22. The van der Waals surface area contributed by atoms with Gasteiger partial charge in [-0.15, -0.1) is 0 Å². The van der Waals surface area contributed by atoms with E-state index in [0.29, 0.717) is 17.5 Å². The minimum Gasteiger partial charge on any atom is -0.409 e. The van der Waals surface area contributed by atoms with Crippen molar-refractivity contribution < 1.29 is 5.21 Å². The van der Waals surface area contributed by atoms with Crippen molar-refractivity contribution in [2.45, 2.75) is 33.7 Å². The summed E-state index contributed by atoms with van der Waals surface area (Å²) in [5.74, 6) is 1.31. The van der Waals surface area contributed by atoms with Gasteiger partial charge < -0.3 is 15.8 Å². The number of rotatable bonds is 4. The van der Waals surface area contributed by atoms with Crippen molar-refractivity contribution in [1.82, 2.24) is 4.98 Å². The zero-order valence-corrected chi connectivity index (χ0v) is 11.7. The summed E-state index contributed by atoms with van der Waals surface area (Å²) in [7, 11) is 1.97. The number of aryl methyl sites for hydroxylation is 1. The van der Waals surface area contributed by atoms with Crippen molar-refractivity contribution in [2.75, 3.05) is 11.9 Å². The highest BCUT2D eigenvalue weighted by atomic mass is 16.4. The summed E-state index contributed by atoms with van der Waals surface area (Å²) in [6.45, 7) is 8.36. The van der Waals surface area contributed by atoms with Gasteiger partial charge in [0.2, 0.25) is 0 Å². The fourth-order valence-electron chi connectivity index (χ4n) is 1.71. The van der Waals surface area contributed by atoms with Gasteiger partial charge >= 0.3 is 0 Å². The van der Waals surface area contributed by atoms with Crippen LogP contribution in [0.5, 0.6) is 0 Å². The van der Waals surface area contributed by atoms with E-state index in [9.17, 15) is 0 Å². The largest absolute Gasteiger partial charge is 0.409 e. The van der Waals surface area contributed by atoms with Crippen LogP contribution in [0.25, 0.3) is 0 Å². The molecule has 3 N–H and O–H groups in total. The lowest BCUT2D eigenvalue weighted by Crippen LogP contribution is -2.35. The first-order valence-electron chi connectivity index (χ1n) is 6.06. The van der Waals surface area contributed by atoms with Crippen LogP contribution in [0.4, 0.5) is 5.82 Å². The molecule has 0 saturated carbocycles. The van der Waals surface area contributed by atoms with E-state index in [-0.39, 0.29) is 5.84 Å². The Bertz CT molecular complexity index is 443. The predicted molar refractivity (Wildman–Crippen MR) is 74.2 cm³/mol. The molecule has 0 aliphatic heterocycles. The summed E-state index contributed by atoms with van der Waals surface area (Å²) in [5.41, 5.74) is 7.25. The van der Waals surface area contributed by atoms with Gasteiger partial charge in [-0.3, -0.25) is 0 Å². The second-order valence-electron chi connectivity index (χ2n) is 4.90. The third-order valence-electron chi connectivity index (χ3n) is 3.31. The first-order valence-corrected chi connectivity index (χ1v) is 6.06. The zero-order valence-electron chi connectivity index (χ0n) is 11.7. The molecule has 1 aromatic heterocycles. The summed E-state index contributed by atoms with van der Waals surface area (Å²) < 4.78 is 0. The smallest absolute Gasteiger partial charge is 0.173 e. The maximum atomic E-state index is 8.83. The van der Waals surface area contributed by atoms with Crippen LogP contribution in [-0.2, 0) is 0 Å². The molecule has 1 rings (SSSR count). The van der Waals surface area contributed by atoms with Crippen LogP contribution in [0.3, 0.4) is 0 Å². The average molecular weight is 250 g/mol. The van der Waals surface area contributed by atoms with E-state index in [0.717, 1.165) is 11.5 Å². The van der Waals surface area contributed by atoms with E-state index in [1.54, 1.807) is 0 Å². The monoisotopic (exact) mass is 250 g/mol. The molecule has 0 aliphatic carbocycles. The van der Waals surface area contributed by atoms with Crippen molar-refractivity contribution in [3.8, 4) is 0 Å². The lowest BCUT2D eigenvalue weighted by molar-refractivity contribution is 0.318. The van der Waals surface area contributed by atoms with E-state index < -0.39 is 0 Å². The molecule has 0 amide bonds. The fourth-order valence-corrected chi connectivity index (χ4v) is 1.71. The Hall–Kier alpha value is -1.78. The number of nitrogens with two attached hydrogens (primary N) is 1. The molecule has 0 spiro atoms. The second-order valence-corrected chi connectivity index (χ2v) is 4.90. The van der Waals surface area contributed by atoms with Gasteiger partial charge in [0.1, 0.15) is 5.82 Å². The van der Waals surface area contributed by atoms with Crippen LogP contribution in [0.15, 0.2) is 17.3 Å². The van der Waals surface area contributed by atoms with E-state index in [1.165, 1.54) is 0 Å². The Kier molecular flexibility index (Phi) is 4.53. The highest BCUT2D eigenvalue weighted by Gasteiger charge is 2.19. The molecular formula is C13H22N4O. The summed E-state index contributed by atoms with van der Waals surface area (Å²) in [5, 5.41) is 11.9. The van der Waals surface area contributed by atoms with Crippen LogP contribution in [0.1, 0.15) is 32.0 Å². The normalized spacial score (nSPS) is 13.8. The van der Waals surface area contributed by atoms with Crippen molar-refractivity contribution in [3.63, 3.8) is 0 Å². The number of amidine groups is 1. The first kappa shape index (κ1) is 14.3. The maximum Gasteiger partial charge on any atom is 0.173 e. The molecule has 0 aromatic carbocycles. The minimum atomic E-state index is 0.0836. The van der Waals surface area contributed by atoms with E-state index in [2.05, 4.69) is 35.8 Å². The van der Waals surface area contributed by atoms with Crippen LogP contribution in [0, 0.1) is 12.8 Å². The van der Waals surface area contributed by atoms with E-state index in [1.807, 2.05) is 26.1 Å². The molecule has 1 unspecified atom stereocenters. The van der Waals surface area contributed by atoms with Crippen molar-refractivity contribution >= 4 is 11.7 Å². The zero-order chi connectivity index (χ0) is 13.9. The molecular weight excluding hydrogens is 228 g/mol. The summed E-state index contributed by atoms with van der Waals surface area (Å²) >= 11 is 0. The molecule has 0 aliphatic rings. The predicted octanol–water partition coefficient (Wildman–Crippen LogP) is 1.97. The van der Waals surface area contributed by atoms with Crippen LogP contribution in [-0.4, -0.2) is 29.1 Å². The standard InChI is InChI=1S/C13H22N4O/c1-8(2)10(4)17(5)13-11(12(14)16-18)7-6-9(3)15-13/h6-8,10,18H,1-5H3,(H2,14,16). The topological polar surface area (TPSA) is 74.7 Å². The number of hydrogen-bond acceptors (Lipinski definition) is 4. The second kappa shape index (κ2) is 5.71. The van der Waals surface area contributed by atoms with Crippen molar-refractivity contribution in [2.24, 2.45) is 16.8 Å². The molecule has 0 bridgehead atoms. The Morgan fingerprint density at radius 1 is 1.39 bits per heavy atom. The first-order chi connectivity index (χ1) is 8.38. The summed E-state index contributed by atoms with van der Waals surface area (Å²) in [6.07, 6.45) is 0. The average Bonchev–Trinajstić information content (AvgIpc) is 2.35. The molecule has 1 atom stereocenters. The minimum absolute atomic E-state index is 0.0836. The molecule has 100 valence electrons. The van der Waals surface area contributed by atoms with Crippen molar-refractivity contribution in [1.29, 1.82) is 0 Å². The summed E-state index contributed by atoms with van der Waals surface area (Å²) in [4.78, 5) is 6.56. The number of nitrogens with zero attached hydrogens (tertiary/aromatic N) is 3. The molecule has 1 heterocycles. The van der Waals surface area contributed by atoms with Gasteiger partial charge in [-0.2, -0.15) is 0 Å². The molecule has 0 fully saturated rings. The summed E-state index contributed by atoms with van der Waals surface area (Å²) in [6, 6.07) is 3.99. The quantitative estimate of drug-likeness (QED) is 0.371. The number of aromatic nitrogens is 1.